The molecule has 2 aliphatic rings. The molecule has 3 N–H and O–H groups in total. The van der Waals surface area contributed by atoms with E-state index < -0.39 is 0 Å². The number of amides is 2. The Kier molecular flexibility index (Phi) is 5.51. The minimum absolute atomic E-state index is 0.0456. The van der Waals surface area contributed by atoms with Gasteiger partial charge in [0.25, 0.3) is 0 Å². The summed E-state index contributed by atoms with van der Waals surface area (Å²) in [6.45, 7) is 2.30. The van der Waals surface area contributed by atoms with Crippen molar-refractivity contribution in [3.63, 3.8) is 0 Å². The molecule has 130 valence electrons. The lowest BCUT2D eigenvalue weighted by Gasteiger charge is -2.31. The standard InChI is InChI=1S/C19H27N3O2/c20-18(23)13-22-9-3-6-17(12-22)19(24)21-11-14-7-8-15-4-1-2-5-16(15)10-14/h7-8,10,17H,1-6,9,11-13H2,(H2,20,23)(H,21,24)/t17-/m0/s1. The summed E-state index contributed by atoms with van der Waals surface area (Å²) in [5, 5.41) is 3.07. The molecule has 1 aliphatic heterocycles. The number of benzene rings is 1. The zero-order chi connectivity index (χ0) is 16.9. The number of primary amides is 1. The average Bonchev–Trinajstić information content (AvgIpc) is 2.59. The number of nitrogens with one attached hydrogen (secondary N) is 1. The number of aryl methyl sites for hydroxylation is 2. The maximum Gasteiger partial charge on any atom is 0.231 e. The Labute approximate surface area is 143 Å². The lowest BCUT2D eigenvalue weighted by molar-refractivity contribution is -0.128. The molecule has 2 amide bonds. The molecule has 1 aromatic rings. The second kappa shape index (κ2) is 7.79. The molecule has 1 aliphatic carbocycles. The van der Waals surface area contributed by atoms with Gasteiger partial charge in [-0.15, -0.1) is 0 Å². The Morgan fingerprint density at radius 1 is 1.17 bits per heavy atom. The fraction of sp³-hybridized carbons (Fsp3) is 0.579. The molecule has 1 saturated heterocycles. The first-order chi connectivity index (χ1) is 11.6. The van der Waals surface area contributed by atoms with Crippen molar-refractivity contribution < 1.29 is 9.59 Å². The van der Waals surface area contributed by atoms with E-state index in [0.717, 1.165) is 25.8 Å². The van der Waals surface area contributed by atoms with Crippen molar-refractivity contribution in [2.75, 3.05) is 19.6 Å². The molecule has 1 heterocycles. The van der Waals surface area contributed by atoms with Crippen LogP contribution < -0.4 is 11.1 Å². The molecule has 0 bridgehead atoms. The maximum atomic E-state index is 12.4. The van der Waals surface area contributed by atoms with E-state index in [1.165, 1.54) is 36.0 Å². The quantitative estimate of drug-likeness (QED) is 0.857. The zero-order valence-corrected chi connectivity index (χ0v) is 14.2. The van der Waals surface area contributed by atoms with Gasteiger partial charge in [-0.3, -0.25) is 14.5 Å². The number of nitrogens with zero attached hydrogens (tertiary/aromatic N) is 1. The van der Waals surface area contributed by atoms with Crippen LogP contribution in [0.1, 0.15) is 42.4 Å². The van der Waals surface area contributed by atoms with Crippen LogP contribution >= 0.6 is 0 Å². The van der Waals surface area contributed by atoms with Gasteiger partial charge in [0.1, 0.15) is 0 Å². The molecule has 24 heavy (non-hydrogen) atoms. The zero-order valence-electron chi connectivity index (χ0n) is 14.2. The molecular weight excluding hydrogens is 302 g/mol. The minimum atomic E-state index is -0.329. The molecule has 0 spiro atoms. The lowest BCUT2D eigenvalue weighted by atomic mass is 9.90. The third kappa shape index (κ3) is 4.35. The first-order valence-corrected chi connectivity index (χ1v) is 9.01. The van der Waals surface area contributed by atoms with E-state index in [9.17, 15) is 9.59 Å². The van der Waals surface area contributed by atoms with E-state index in [4.69, 9.17) is 5.73 Å². The Hall–Kier alpha value is -1.88. The highest BCUT2D eigenvalue weighted by molar-refractivity contribution is 5.79. The highest BCUT2D eigenvalue weighted by Crippen LogP contribution is 2.22. The van der Waals surface area contributed by atoms with Gasteiger partial charge in [-0.25, -0.2) is 0 Å². The molecule has 3 rings (SSSR count). The second-order valence-corrected chi connectivity index (χ2v) is 7.07. The number of carbonyl (C=O) groups is 2. The van der Waals surface area contributed by atoms with Gasteiger partial charge in [-0.1, -0.05) is 18.2 Å². The highest BCUT2D eigenvalue weighted by atomic mass is 16.2. The molecule has 0 radical (unpaired) electrons. The van der Waals surface area contributed by atoms with Gasteiger partial charge in [-0.2, -0.15) is 0 Å². The molecule has 0 aromatic heterocycles. The number of hydrogen-bond acceptors (Lipinski definition) is 3. The maximum absolute atomic E-state index is 12.4. The fourth-order valence-corrected chi connectivity index (χ4v) is 3.86. The lowest BCUT2D eigenvalue weighted by Crippen LogP contribution is -2.45. The van der Waals surface area contributed by atoms with Crippen molar-refractivity contribution in [1.29, 1.82) is 0 Å². The summed E-state index contributed by atoms with van der Waals surface area (Å²) >= 11 is 0. The Morgan fingerprint density at radius 3 is 2.75 bits per heavy atom. The average molecular weight is 329 g/mol. The van der Waals surface area contributed by atoms with Gasteiger partial charge in [-0.05, 0) is 61.8 Å². The van der Waals surface area contributed by atoms with Crippen LogP contribution in [0.2, 0.25) is 0 Å². The van der Waals surface area contributed by atoms with E-state index in [1.54, 1.807) is 0 Å². The predicted octanol–water partition coefficient (Wildman–Crippen LogP) is 1.38. The van der Waals surface area contributed by atoms with Gasteiger partial charge in [0.05, 0.1) is 12.5 Å². The molecule has 1 fully saturated rings. The number of likely N-dealkylation sites (tertiary alicyclic amines) is 1. The van der Waals surface area contributed by atoms with Crippen LogP contribution in [-0.4, -0.2) is 36.3 Å². The molecule has 1 aromatic carbocycles. The molecular formula is C19H27N3O2. The summed E-state index contributed by atoms with van der Waals surface area (Å²) in [6, 6.07) is 6.59. The largest absolute Gasteiger partial charge is 0.369 e. The SMILES string of the molecule is NC(=O)CN1CCC[C@H](C(=O)NCc2ccc3c(c2)CCCC3)C1. The van der Waals surface area contributed by atoms with Gasteiger partial charge in [0, 0.05) is 13.1 Å². The minimum Gasteiger partial charge on any atom is -0.369 e. The van der Waals surface area contributed by atoms with Crippen molar-refractivity contribution in [1.82, 2.24) is 10.2 Å². The van der Waals surface area contributed by atoms with Gasteiger partial charge in [0.15, 0.2) is 0 Å². The first-order valence-electron chi connectivity index (χ1n) is 9.01. The summed E-state index contributed by atoms with van der Waals surface area (Å²) in [5.74, 6) is -0.289. The van der Waals surface area contributed by atoms with Crippen molar-refractivity contribution in [3.05, 3.63) is 34.9 Å². The second-order valence-electron chi connectivity index (χ2n) is 7.07. The van der Waals surface area contributed by atoms with Crippen LogP contribution in [0.15, 0.2) is 18.2 Å². The summed E-state index contributed by atoms with van der Waals surface area (Å²) in [4.78, 5) is 25.5. The van der Waals surface area contributed by atoms with Crippen LogP contribution in [0.4, 0.5) is 0 Å². The van der Waals surface area contributed by atoms with E-state index >= 15 is 0 Å². The molecule has 0 saturated carbocycles. The van der Waals surface area contributed by atoms with Gasteiger partial charge in [0.2, 0.25) is 11.8 Å². The van der Waals surface area contributed by atoms with E-state index in [1.807, 2.05) is 4.90 Å². The predicted molar refractivity (Wildman–Crippen MR) is 93.3 cm³/mol. The monoisotopic (exact) mass is 329 g/mol. The highest BCUT2D eigenvalue weighted by Gasteiger charge is 2.26. The summed E-state index contributed by atoms with van der Waals surface area (Å²) in [7, 11) is 0. The Morgan fingerprint density at radius 2 is 1.96 bits per heavy atom. The van der Waals surface area contributed by atoms with Crippen LogP contribution in [0.3, 0.4) is 0 Å². The van der Waals surface area contributed by atoms with Crippen LogP contribution in [-0.2, 0) is 29.0 Å². The molecule has 5 heteroatoms. The Balaban J connectivity index is 1.52. The first kappa shape index (κ1) is 17.0. The number of nitrogens with two attached hydrogens (primary N) is 1. The van der Waals surface area contributed by atoms with Crippen molar-refractivity contribution in [2.45, 2.75) is 45.1 Å². The number of rotatable bonds is 5. The van der Waals surface area contributed by atoms with Gasteiger partial charge >= 0.3 is 0 Å². The summed E-state index contributed by atoms with van der Waals surface area (Å²) < 4.78 is 0. The number of fused-ring (bicyclic) bond motifs is 1. The molecule has 0 unspecified atom stereocenters. The third-order valence-electron chi connectivity index (χ3n) is 5.14. The van der Waals surface area contributed by atoms with Crippen molar-refractivity contribution in [3.8, 4) is 0 Å². The summed E-state index contributed by atoms with van der Waals surface area (Å²) in [5.41, 5.74) is 9.34. The van der Waals surface area contributed by atoms with Crippen LogP contribution in [0, 0.1) is 5.92 Å². The van der Waals surface area contributed by atoms with Crippen molar-refractivity contribution in [2.24, 2.45) is 11.7 Å². The number of hydrogen-bond donors (Lipinski definition) is 2. The van der Waals surface area contributed by atoms with E-state index in [2.05, 4.69) is 23.5 Å². The van der Waals surface area contributed by atoms with E-state index in [0.29, 0.717) is 13.1 Å². The van der Waals surface area contributed by atoms with E-state index in [-0.39, 0.29) is 24.3 Å². The normalized spacial score (nSPS) is 21.1. The molecule has 1 atom stereocenters. The van der Waals surface area contributed by atoms with Gasteiger partial charge < -0.3 is 11.1 Å². The topological polar surface area (TPSA) is 75.4 Å². The fourth-order valence-electron chi connectivity index (χ4n) is 3.86. The van der Waals surface area contributed by atoms with Crippen molar-refractivity contribution >= 4 is 11.8 Å². The number of piperidine rings is 1. The third-order valence-corrected chi connectivity index (χ3v) is 5.14. The van der Waals surface area contributed by atoms with Crippen LogP contribution in [0.25, 0.3) is 0 Å². The van der Waals surface area contributed by atoms with Crippen LogP contribution in [0.5, 0.6) is 0 Å². The number of carbonyl (C=O) groups excluding carboxylic acids is 2. The summed E-state index contributed by atoms with van der Waals surface area (Å²) in [6.07, 6.45) is 6.70. The molecule has 5 nitrogen and oxygen atoms in total. The smallest absolute Gasteiger partial charge is 0.231 e. The Bertz CT molecular complexity index is 615.